The van der Waals surface area contributed by atoms with Crippen molar-refractivity contribution in [3.63, 3.8) is 0 Å². The first-order valence-electron chi connectivity index (χ1n) is 6.89. The maximum Gasteiger partial charge on any atom is 0.165 e. The molecule has 1 atom stereocenters. The molecular weight excluding hydrogens is 258 g/mol. The standard InChI is InChI=1S/C16H24ClNO/c1-12(2)11-13(3)18(4)10-9-16(19)14-7-5-6-8-15(14)17/h5-8,12-13H,9-11H2,1-4H3. The molecule has 106 valence electrons. The Hall–Kier alpha value is -0.860. The number of Topliss-reactive ketones (excluding diaryl/α,β-unsaturated/α-hetero) is 1. The Bertz CT molecular complexity index is 417. The summed E-state index contributed by atoms with van der Waals surface area (Å²) in [6.07, 6.45) is 1.67. The maximum atomic E-state index is 12.1. The van der Waals surface area contributed by atoms with Crippen LogP contribution in [0.15, 0.2) is 24.3 Å². The third-order valence-electron chi connectivity index (χ3n) is 3.43. The van der Waals surface area contributed by atoms with Gasteiger partial charge in [0.25, 0.3) is 0 Å². The number of nitrogens with zero attached hydrogens (tertiary/aromatic N) is 1. The molecule has 1 aromatic carbocycles. The Balaban J connectivity index is 2.48. The minimum atomic E-state index is 0.120. The zero-order valence-corrected chi connectivity index (χ0v) is 13.1. The quantitative estimate of drug-likeness (QED) is 0.695. The van der Waals surface area contributed by atoms with Crippen LogP contribution in [0, 0.1) is 5.92 Å². The molecular formula is C16H24ClNO. The first-order chi connectivity index (χ1) is 8.91. The highest BCUT2D eigenvalue weighted by atomic mass is 35.5. The normalized spacial score (nSPS) is 13.0. The van der Waals surface area contributed by atoms with E-state index in [0.717, 1.165) is 13.0 Å². The summed E-state index contributed by atoms with van der Waals surface area (Å²) in [6.45, 7) is 7.43. The molecule has 3 heteroatoms. The van der Waals surface area contributed by atoms with Gasteiger partial charge in [0.2, 0.25) is 0 Å². The van der Waals surface area contributed by atoms with Crippen LogP contribution in [-0.4, -0.2) is 30.3 Å². The van der Waals surface area contributed by atoms with Crippen LogP contribution in [0.3, 0.4) is 0 Å². The van der Waals surface area contributed by atoms with Gasteiger partial charge in [-0.15, -0.1) is 0 Å². The Morgan fingerprint density at radius 2 is 1.89 bits per heavy atom. The number of carbonyl (C=O) groups excluding carboxylic acids is 1. The van der Waals surface area contributed by atoms with Gasteiger partial charge in [-0.3, -0.25) is 4.79 Å². The van der Waals surface area contributed by atoms with E-state index in [4.69, 9.17) is 11.6 Å². The van der Waals surface area contributed by atoms with Crippen molar-refractivity contribution in [3.8, 4) is 0 Å². The van der Waals surface area contributed by atoms with E-state index in [1.54, 1.807) is 12.1 Å². The van der Waals surface area contributed by atoms with E-state index in [0.29, 0.717) is 29.0 Å². The Morgan fingerprint density at radius 3 is 2.47 bits per heavy atom. The highest BCUT2D eigenvalue weighted by Crippen LogP contribution is 2.17. The van der Waals surface area contributed by atoms with Gasteiger partial charge in [0, 0.05) is 24.6 Å². The van der Waals surface area contributed by atoms with Crippen molar-refractivity contribution in [3.05, 3.63) is 34.9 Å². The molecule has 0 spiro atoms. The van der Waals surface area contributed by atoms with Crippen LogP contribution >= 0.6 is 11.6 Å². The number of hydrogen-bond acceptors (Lipinski definition) is 2. The van der Waals surface area contributed by atoms with Crippen molar-refractivity contribution in [2.75, 3.05) is 13.6 Å². The molecule has 0 saturated heterocycles. The van der Waals surface area contributed by atoms with E-state index in [1.165, 1.54) is 0 Å². The van der Waals surface area contributed by atoms with E-state index in [1.807, 2.05) is 12.1 Å². The highest BCUT2D eigenvalue weighted by Gasteiger charge is 2.14. The van der Waals surface area contributed by atoms with Crippen LogP contribution in [0.25, 0.3) is 0 Å². The molecule has 2 nitrogen and oxygen atoms in total. The molecule has 1 unspecified atom stereocenters. The van der Waals surface area contributed by atoms with Crippen LogP contribution in [-0.2, 0) is 0 Å². The number of benzene rings is 1. The largest absolute Gasteiger partial charge is 0.303 e. The molecule has 0 aliphatic rings. The zero-order chi connectivity index (χ0) is 14.4. The number of carbonyl (C=O) groups is 1. The molecule has 0 heterocycles. The van der Waals surface area contributed by atoms with E-state index in [9.17, 15) is 4.79 Å². The van der Waals surface area contributed by atoms with Gasteiger partial charge in [0.1, 0.15) is 0 Å². The summed E-state index contributed by atoms with van der Waals surface area (Å²) in [5.74, 6) is 0.797. The molecule has 0 aliphatic carbocycles. The van der Waals surface area contributed by atoms with Gasteiger partial charge >= 0.3 is 0 Å². The predicted molar refractivity (Wildman–Crippen MR) is 81.9 cm³/mol. The van der Waals surface area contributed by atoms with Gasteiger partial charge in [-0.2, -0.15) is 0 Å². The Kier molecular flexibility index (Phi) is 6.53. The van der Waals surface area contributed by atoms with Crippen LogP contribution in [0.4, 0.5) is 0 Å². The summed E-state index contributed by atoms with van der Waals surface area (Å²) in [4.78, 5) is 14.3. The summed E-state index contributed by atoms with van der Waals surface area (Å²) < 4.78 is 0. The third-order valence-corrected chi connectivity index (χ3v) is 3.76. The minimum absolute atomic E-state index is 0.120. The average Bonchev–Trinajstić information content (AvgIpc) is 2.35. The Morgan fingerprint density at radius 1 is 1.26 bits per heavy atom. The average molecular weight is 282 g/mol. The van der Waals surface area contributed by atoms with Gasteiger partial charge in [-0.25, -0.2) is 0 Å². The van der Waals surface area contributed by atoms with E-state index in [-0.39, 0.29) is 5.78 Å². The fourth-order valence-corrected chi connectivity index (χ4v) is 2.42. The van der Waals surface area contributed by atoms with Gasteiger partial charge < -0.3 is 4.90 Å². The lowest BCUT2D eigenvalue weighted by Crippen LogP contribution is -2.32. The summed E-state index contributed by atoms with van der Waals surface area (Å²) in [6, 6.07) is 7.75. The second-order valence-corrected chi connectivity index (χ2v) is 6.02. The molecule has 1 aromatic rings. The minimum Gasteiger partial charge on any atom is -0.303 e. The molecule has 19 heavy (non-hydrogen) atoms. The maximum absolute atomic E-state index is 12.1. The second-order valence-electron chi connectivity index (χ2n) is 5.61. The molecule has 0 N–H and O–H groups in total. The molecule has 0 bridgehead atoms. The molecule has 0 radical (unpaired) electrons. The number of hydrogen-bond donors (Lipinski definition) is 0. The molecule has 0 aromatic heterocycles. The molecule has 0 fully saturated rings. The van der Waals surface area contributed by atoms with Crippen molar-refractivity contribution >= 4 is 17.4 Å². The first-order valence-corrected chi connectivity index (χ1v) is 7.27. The lowest BCUT2D eigenvalue weighted by Gasteiger charge is -2.25. The van der Waals surface area contributed by atoms with E-state index < -0.39 is 0 Å². The SMILES string of the molecule is CC(C)CC(C)N(C)CCC(=O)c1ccccc1Cl. The number of halogens is 1. The number of ketones is 1. The van der Waals surface area contributed by atoms with Crippen molar-refractivity contribution in [2.45, 2.75) is 39.7 Å². The van der Waals surface area contributed by atoms with Crippen LogP contribution in [0.1, 0.15) is 44.0 Å². The van der Waals surface area contributed by atoms with E-state index in [2.05, 4.69) is 32.7 Å². The van der Waals surface area contributed by atoms with Gasteiger partial charge in [-0.05, 0) is 38.4 Å². The Labute approximate surface area is 121 Å². The predicted octanol–water partition coefficient (Wildman–Crippen LogP) is 4.28. The summed E-state index contributed by atoms with van der Waals surface area (Å²) >= 11 is 6.03. The van der Waals surface area contributed by atoms with Crippen molar-refractivity contribution < 1.29 is 4.79 Å². The summed E-state index contributed by atoms with van der Waals surface area (Å²) in [5.41, 5.74) is 0.633. The van der Waals surface area contributed by atoms with Gasteiger partial charge in [-0.1, -0.05) is 37.6 Å². The van der Waals surface area contributed by atoms with Crippen LogP contribution in [0.5, 0.6) is 0 Å². The highest BCUT2D eigenvalue weighted by molar-refractivity contribution is 6.33. The van der Waals surface area contributed by atoms with Crippen molar-refractivity contribution in [2.24, 2.45) is 5.92 Å². The fourth-order valence-electron chi connectivity index (χ4n) is 2.18. The van der Waals surface area contributed by atoms with Crippen molar-refractivity contribution in [1.82, 2.24) is 4.90 Å². The third kappa shape index (κ3) is 5.33. The van der Waals surface area contributed by atoms with Crippen LogP contribution in [0.2, 0.25) is 5.02 Å². The summed E-state index contributed by atoms with van der Waals surface area (Å²) in [5, 5.41) is 0.547. The summed E-state index contributed by atoms with van der Waals surface area (Å²) in [7, 11) is 2.08. The zero-order valence-electron chi connectivity index (χ0n) is 12.3. The lowest BCUT2D eigenvalue weighted by molar-refractivity contribution is 0.0959. The molecule has 0 amide bonds. The molecule has 1 rings (SSSR count). The van der Waals surface area contributed by atoms with Crippen LogP contribution < -0.4 is 0 Å². The topological polar surface area (TPSA) is 20.3 Å². The lowest BCUT2D eigenvalue weighted by atomic mass is 10.0. The first kappa shape index (κ1) is 16.2. The molecule has 0 aliphatic heterocycles. The fraction of sp³-hybridized carbons (Fsp3) is 0.562. The number of rotatable bonds is 7. The van der Waals surface area contributed by atoms with Crippen molar-refractivity contribution in [1.29, 1.82) is 0 Å². The second kappa shape index (κ2) is 7.66. The van der Waals surface area contributed by atoms with Gasteiger partial charge in [0.05, 0.1) is 5.02 Å². The van der Waals surface area contributed by atoms with E-state index >= 15 is 0 Å². The monoisotopic (exact) mass is 281 g/mol. The van der Waals surface area contributed by atoms with Gasteiger partial charge in [0.15, 0.2) is 5.78 Å². The smallest absolute Gasteiger partial charge is 0.165 e. The molecule has 0 saturated carbocycles.